The summed E-state index contributed by atoms with van der Waals surface area (Å²) in [6, 6.07) is 13.3. The van der Waals surface area contributed by atoms with Crippen molar-refractivity contribution in [3.8, 4) is 0 Å². The summed E-state index contributed by atoms with van der Waals surface area (Å²) < 4.78 is 5.05. The minimum Gasteiger partial charge on any atom is -0.462 e. The average molecular weight is 400 g/mol. The summed E-state index contributed by atoms with van der Waals surface area (Å²) >= 11 is 6.11. The molecule has 3 aromatic rings. The van der Waals surface area contributed by atoms with Crippen LogP contribution >= 0.6 is 11.6 Å². The summed E-state index contributed by atoms with van der Waals surface area (Å²) in [5.74, 6) is -0.392. The maximum Gasteiger partial charge on any atom is 0.338 e. The van der Waals surface area contributed by atoms with Crippen LogP contribution in [0.15, 0.2) is 48.5 Å². The van der Waals surface area contributed by atoms with Crippen molar-refractivity contribution in [1.82, 2.24) is 4.98 Å². The first-order valence-corrected chi connectivity index (χ1v) is 9.10. The third kappa shape index (κ3) is 4.55. The molecule has 0 aliphatic heterocycles. The molecule has 0 aliphatic rings. The molecule has 2 aromatic carbocycles. The molecule has 0 amide bonds. The lowest BCUT2D eigenvalue weighted by Crippen LogP contribution is -2.07. The van der Waals surface area contributed by atoms with Gasteiger partial charge in [0.1, 0.15) is 5.15 Å². The minimum atomic E-state index is -0.422. The summed E-state index contributed by atoms with van der Waals surface area (Å²) in [4.78, 5) is 26.6. The largest absolute Gasteiger partial charge is 0.462 e. The highest BCUT2D eigenvalue weighted by atomic mass is 35.5. The number of nitrogens with one attached hydrogen (secondary N) is 1. The second-order valence-electron chi connectivity index (χ2n) is 6.05. The molecule has 1 aromatic heterocycles. The third-order valence-electron chi connectivity index (χ3n) is 4.16. The zero-order chi connectivity index (χ0) is 20.1. The van der Waals surface area contributed by atoms with Gasteiger partial charge in [-0.1, -0.05) is 23.7 Å². The Morgan fingerprint density at radius 1 is 1.21 bits per heavy atom. The Bertz CT molecular complexity index is 1020. The lowest BCUT2D eigenvalue weighted by molar-refractivity contribution is -0.384. The highest BCUT2D eigenvalue weighted by Gasteiger charge is 2.11. The van der Waals surface area contributed by atoms with Crippen molar-refractivity contribution >= 4 is 39.8 Å². The number of rotatable bonds is 7. The number of esters is 1. The Hall–Kier alpha value is -3.19. The number of ether oxygens (including phenoxy) is 1. The van der Waals surface area contributed by atoms with Gasteiger partial charge in [0.15, 0.2) is 0 Å². The fourth-order valence-corrected chi connectivity index (χ4v) is 3.01. The quantitative estimate of drug-likeness (QED) is 0.269. The summed E-state index contributed by atoms with van der Waals surface area (Å²) in [5.41, 5.74) is 2.89. The highest BCUT2D eigenvalue weighted by molar-refractivity contribution is 6.30. The van der Waals surface area contributed by atoms with Crippen LogP contribution in [0, 0.1) is 10.1 Å². The molecule has 0 saturated heterocycles. The maximum absolute atomic E-state index is 12.0. The van der Waals surface area contributed by atoms with Gasteiger partial charge in [0.25, 0.3) is 5.69 Å². The van der Waals surface area contributed by atoms with Crippen molar-refractivity contribution in [2.45, 2.75) is 13.3 Å². The summed E-state index contributed by atoms with van der Waals surface area (Å²) in [5, 5.41) is 15.1. The number of nitro groups is 1. The predicted molar refractivity (Wildman–Crippen MR) is 108 cm³/mol. The Morgan fingerprint density at radius 3 is 2.64 bits per heavy atom. The number of nitrogens with zero attached hydrogens (tertiary/aromatic N) is 2. The molecule has 0 unspecified atom stereocenters. The number of pyridine rings is 1. The first kappa shape index (κ1) is 19.6. The lowest BCUT2D eigenvalue weighted by Gasteiger charge is -2.11. The summed E-state index contributed by atoms with van der Waals surface area (Å²) in [6.45, 7) is 2.64. The van der Waals surface area contributed by atoms with Gasteiger partial charge in [-0.2, -0.15) is 0 Å². The first-order valence-electron chi connectivity index (χ1n) is 8.72. The number of hydrogen-bond acceptors (Lipinski definition) is 6. The number of aromatic nitrogens is 1. The van der Waals surface area contributed by atoms with Crippen LogP contribution in [0.2, 0.25) is 5.15 Å². The minimum absolute atomic E-state index is 0.0649. The lowest BCUT2D eigenvalue weighted by atomic mass is 10.1. The van der Waals surface area contributed by atoms with Crippen LogP contribution in [0.4, 0.5) is 11.4 Å². The molecule has 0 spiro atoms. The molecule has 0 atom stereocenters. The number of halogens is 1. The molecule has 3 rings (SSSR count). The van der Waals surface area contributed by atoms with Crippen molar-refractivity contribution < 1.29 is 14.5 Å². The van der Waals surface area contributed by atoms with Crippen molar-refractivity contribution in [3.05, 3.63) is 74.9 Å². The zero-order valence-corrected chi connectivity index (χ0v) is 15.9. The fourth-order valence-electron chi connectivity index (χ4n) is 2.81. The number of benzene rings is 2. The third-order valence-corrected chi connectivity index (χ3v) is 4.36. The fraction of sp³-hybridized carbons (Fsp3) is 0.200. The van der Waals surface area contributed by atoms with E-state index in [0.717, 1.165) is 16.6 Å². The van der Waals surface area contributed by atoms with E-state index in [1.54, 1.807) is 43.3 Å². The van der Waals surface area contributed by atoms with E-state index in [9.17, 15) is 14.9 Å². The Kier molecular flexibility index (Phi) is 6.06. The van der Waals surface area contributed by atoms with Crippen molar-refractivity contribution in [1.29, 1.82) is 0 Å². The van der Waals surface area contributed by atoms with E-state index in [0.29, 0.717) is 35.8 Å². The molecule has 0 bridgehead atoms. The van der Waals surface area contributed by atoms with Crippen LogP contribution in [0.3, 0.4) is 0 Å². The van der Waals surface area contributed by atoms with Gasteiger partial charge in [0.05, 0.1) is 22.6 Å². The number of non-ortho nitro benzene ring substituents is 1. The highest BCUT2D eigenvalue weighted by Crippen LogP contribution is 2.27. The van der Waals surface area contributed by atoms with Crippen LogP contribution in [0.1, 0.15) is 22.8 Å². The van der Waals surface area contributed by atoms with E-state index >= 15 is 0 Å². The van der Waals surface area contributed by atoms with Gasteiger partial charge in [-0.05, 0) is 43.2 Å². The number of carbonyl (C=O) groups is 1. The second-order valence-corrected chi connectivity index (χ2v) is 6.43. The Labute approximate surface area is 166 Å². The molecule has 7 nitrogen and oxygen atoms in total. The number of carbonyl (C=O) groups excluding carboxylic acids is 1. The van der Waals surface area contributed by atoms with Gasteiger partial charge < -0.3 is 10.1 Å². The van der Waals surface area contributed by atoms with Crippen molar-refractivity contribution in [2.75, 3.05) is 18.5 Å². The number of fused-ring (bicyclic) bond motifs is 1. The molecular weight excluding hydrogens is 382 g/mol. The Morgan fingerprint density at radius 2 is 1.96 bits per heavy atom. The van der Waals surface area contributed by atoms with Crippen LogP contribution in [-0.2, 0) is 11.2 Å². The van der Waals surface area contributed by atoms with Crippen LogP contribution in [-0.4, -0.2) is 29.0 Å². The van der Waals surface area contributed by atoms with Crippen molar-refractivity contribution in [2.24, 2.45) is 0 Å². The van der Waals surface area contributed by atoms with Gasteiger partial charge in [-0.25, -0.2) is 9.78 Å². The van der Waals surface area contributed by atoms with E-state index in [-0.39, 0.29) is 5.69 Å². The second kappa shape index (κ2) is 8.67. The van der Waals surface area contributed by atoms with Gasteiger partial charge >= 0.3 is 5.97 Å². The standard InChI is InChI=1S/C20H18ClN3O4/c1-2-28-20(25)14-5-8-17-16(11-14)18(12-19(21)23-17)22-10-9-13-3-6-15(7-4-13)24(26)27/h3-8,11-12H,2,9-10H2,1H3,(H,22,23). The number of hydrogen-bond donors (Lipinski definition) is 1. The monoisotopic (exact) mass is 399 g/mol. The van der Waals surface area contributed by atoms with Crippen LogP contribution < -0.4 is 5.32 Å². The SMILES string of the molecule is CCOC(=O)c1ccc2nc(Cl)cc(NCCc3ccc([N+](=O)[O-])cc3)c2c1. The molecular formula is C20H18ClN3O4. The molecule has 8 heteroatoms. The normalized spacial score (nSPS) is 10.6. The molecule has 0 radical (unpaired) electrons. The van der Waals surface area contributed by atoms with Crippen LogP contribution in [0.25, 0.3) is 10.9 Å². The van der Waals surface area contributed by atoms with E-state index in [1.165, 1.54) is 12.1 Å². The molecule has 0 saturated carbocycles. The smallest absolute Gasteiger partial charge is 0.338 e. The summed E-state index contributed by atoms with van der Waals surface area (Å²) in [7, 11) is 0. The predicted octanol–water partition coefficient (Wildman–Crippen LogP) is 4.63. The molecule has 144 valence electrons. The van der Waals surface area contributed by atoms with E-state index in [1.807, 2.05) is 0 Å². The first-order chi connectivity index (χ1) is 13.5. The topological polar surface area (TPSA) is 94.4 Å². The molecule has 0 fully saturated rings. The van der Waals surface area contributed by atoms with Gasteiger partial charge in [0, 0.05) is 29.8 Å². The summed E-state index contributed by atoms with van der Waals surface area (Å²) in [6.07, 6.45) is 0.664. The van der Waals surface area contributed by atoms with Gasteiger partial charge in [-0.15, -0.1) is 0 Å². The molecule has 1 heterocycles. The van der Waals surface area contributed by atoms with Crippen molar-refractivity contribution in [3.63, 3.8) is 0 Å². The molecule has 0 aliphatic carbocycles. The zero-order valence-electron chi connectivity index (χ0n) is 15.1. The van der Waals surface area contributed by atoms with E-state index < -0.39 is 10.9 Å². The van der Waals surface area contributed by atoms with Gasteiger partial charge in [-0.3, -0.25) is 10.1 Å². The average Bonchev–Trinajstić information content (AvgIpc) is 2.68. The Balaban J connectivity index is 1.78. The van der Waals surface area contributed by atoms with Gasteiger partial charge in [0.2, 0.25) is 0 Å². The van der Waals surface area contributed by atoms with E-state index in [4.69, 9.17) is 16.3 Å². The van der Waals surface area contributed by atoms with E-state index in [2.05, 4.69) is 10.3 Å². The maximum atomic E-state index is 12.0. The number of nitro benzene ring substituents is 1. The van der Waals surface area contributed by atoms with Crippen LogP contribution in [0.5, 0.6) is 0 Å². The number of anilines is 1. The molecule has 28 heavy (non-hydrogen) atoms. The molecule has 1 N–H and O–H groups in total.